The molecule has 6 heteroatoms. The molecule has 75 heavy (non-hydrogen) atoms. The maximum atomic E-state index is 12.8. The Labute approximate surface area is 462 Å². The van der Waals surface area contributed by atoms with Crippen LogP contribution in [0.1, 0.15) is 278 Å². The number of carbonyl (C=O) groups excluding carboxylic acids is 3. The highest BCUT2D eigenvalue weighted by molar-refractivity contribution is 5.71. The summed E-state index contributed by atoms with van der Waals surface area (Å²) in [5.41, 5.74) is 0. The number of unbranched alkanes of at least 4 members (excludes halogenated alkanes) is 24. The molecule has 0 aliphatic carbocycles. The molecule has 0 fully saturated rings. The van der Waals surface area contributed by atoms with Gasteiger partial charge in [0.15, 0.2) is 6.10 Å². The highest BCUT2D eigenvalue weighted by Crippen LogP contribution is 2.15. The Kier molecular flexibility index (Phi) is 58.9. The van der Waals surface area contributed by atoms with Crippen LogP contribution in [0.15, 0.2) is 122 Å². The third-order valence-corrected chi connectivity index (χ3v) is 12.9. The Morgan fingerprint density at radius 1 is 0.280 bits per heavy atom. The van der Waals surface area contributed by atoms with Crippen LogP contribution in [0.3, 0.4) is 0 Å². The average molecular weight is 1040 g/mol. The van der Waals surface area contributed by atoms with E-state index in [2.05, 4.69) is 142 Å². The molecule has 0 rings (SSSR count). The van der Waals surface area contributed by atoms with Crippen LogP contribution < -0.4 is 0 Å². The highest BCUT2D eigenvalue weighted by Gasteiger charge is 2.19. The minimum atomic E-state index is -0.793. The van der Waals surface area contributed by atoms with Crippen LogP contribution in [0.25, 0.3) is 0 Å². The number of esters is 3. The van der Waals surface area contributed by atoms with Crippen LogP contribution in [-0.2, 0) is 28.6 Å². The molecule has 0 saturated heterocycles. The third kappa shape index (κ3) is 60.6. The lowest BCUT2D eigenvalue weighted by molar-refractivity contribution is -0.167. The second-order valence-electron chi connectivity index (χ2n) is 20.2. The summed E-state index contributed by atoms with van der Waals surface area (Å²) in [6, 6.07) is 0. The zero-order valence-corrected chi connectivity index (χ0v) is 48.8. The predicted molar refractivity (Wildman–Crippen MR) is 325 cm³/mol. The second-order valence-corrected chi connectivity index (χ2v) is 20.2. The highest BCUT2D eigenvalue weighted by atomic mass is 16.6. The van der Waals surface area contributed by atoms with Gasteiger partial charge in [-0.25, -0.2) is 0 Å². The van der Waals surface area contributed by atoms with Crippen LogP contribution in [0.5, 0.6) is 0 Å². The van der Waals surface area contributed by atoms with E-state index in [4.69, 9.17) is 14.2 Å². The summed E-state index contributed by atoms with van der Waals surface area (Å²) in [7, 11) is 0. The van der Waals surface area contributed by atoms with Crippen LogP contribution in [0.2, 0.25) is 0 Å². The molecule has 0 aromatic carbocycles. The Bertz CT molecular complexity index is 1570. The molecule has 0 radical (unpaired) electrons. The van der Waals surface area contributed by atoms with Crippen molar-refractivity contribution in [2.75, 3.05) is 13.2 Å². The van der Waals surface area contributed by atoms with Gasteiger partial charge in [-0.15, -0.1) is 0 Å². The quantitative estimate of drug-likeness (QED) is 0.0261. The van der Waals surface area contributed by atoms with E-state index in [-0.39, 0.29) is 31.1 Å². The molecule has 0 aliphatic heterocycles. The molecular weight excluding hydrogens is 925 g/mol. The Morgan fingerprint density at radius 3 is 0.827 bits per heavy atom. The van der Waals surface area contributed by atoms with Crippen molar-refractivity contribution < 1.29 is 28.6 Å². The van der Waals surface area contributed by atoms with Gasteiger partial charge in [0, 0.05) is 19.3 Å². The summed E-state index contributed by atoms with van der Waals surface area (Å²) in [4.78, 5) is 38.2. The molecule has 6 nitrogen and oxygen atoms in total. The molecule has 1 atom stereocenters. The normalized spacial score (nSPS) is 12.9. The van der Waals surface area contributed by atoms with E-state index in [1.165, 1.54) is 89.9 Å². The van der Waals surface area contributed by atoms with Crippen molar-refractivity contribution in [1.82, 2.24) is 0 Å². The molecule has 0 aromatic rings. The first-order valence-corrected chi connectivity index (χ1v) is 31.0. The SMILES string of the molecule is CC/C=C\C/C=C\C/C=C\C/C=C\C/C=C\C/C=C\CCCCCCCCCCCCCCC(=O)OCC(COC(=O)CCCCCCC/C=C\CCCC)OC(=O)CCCCCCC/C=C\C/C=C\C/C=C\CC. The summed E-state index contributed by atoms with van der Waals surface area (Å²) in [5, 5.41) is 0. The maximum absolute atomic E-state index is 12.8. The molecule has 426 valence electrons. The van der Waals surface area contributed by atoms with E-state index >= 15 is 0 Å². The zero-order valence-electron chi connectivity index (χ0n) is 48.8. The molecule has 0 saturated carbocycles. The van der Waals surface area contributed by atoms with Crippen molar-refractivity contribution in [3.63, 3.8) is 0 Å². The Hall–Kier alpha value is -4.19. The van der Waals surface area contributed by atoms with Crippen molar-refractivity contribution in [2.24, 2.45) is 0 Å². The lowest BCUT2D eigenvalue weighted by Gasteiger charge is -2.18. The molecule has 0 bridgehead atoms. The molecule has 0 N–H and O–H groups in total. The van der Waals surface area contributed by atoms with Crippen molar-refractivity contribution in [1.29, 1.82) is 0 Å². The van der Waals surface area contributed by atoms with Gasteiger partial charge in [-0.05, 0) is 122 Å². The van der Waals surface area contributed by atoms with Crippen molar-refractivity contribution in [2.45, 2.75) is 284 Å². The lowest BCUT2D eigenvalue weighted by Crippen LogP contribution is -2.30. The summed E-state index contributed by atoms with van der Waals surface area (Å²) in [6.45, 7) is 6.36. The van der Waals surface area contributed by atoms with Gasteiger partial charge in [-0.1, -0.05) is 258 Å². The van der Waals surface area contributed by atoms with Gasteiger partial charge < -0.3 is 14.2 Å². The van der Waals surface area contributed by atoms with E-state index in [1.807, 2.05) is 0 Å². The monoisotopic (exact) mass is 1040 g/mol. The molecule has 0 aliphatic rings. The number of hydrogen-bond donors (Lipinski definition) is 0. The lowest BCUT2D eigenvalue weighted by atomic mass is 10.0. The smallest absolute Gasteiger partial charge is 0.306 e. The van der Waals surface area contributed by atoms with E-state index in [0.29, 0.717) is 19.3 Å². The zero-order chi connectivity index (χ0) is 54.3. The summed E-state index contributed by atoms with van der Waals surface area (Å²) >= 11 is 0. The largest absolute Gasteiger partial charge is 0.462 e. The van der Waals surface area contributed by atoms with Gasteiger partial charge in [0.2, 0.25) is 0 Å². The molecule has 0 aromatic heterocycles. The summed E-state index contributed by atoms with van der Waals surface area (Å²) in [5.74, 6) is -0.917. The minimum absolute atomic E-state index is 0.0898. The van der Waals surface area contributed by atoms with Crippen LogP contribution >= 0.6 is 0 Å². The van der Waals surface area contributed by atoms with E-state index in [9.17, 15) is 14.4 Å². The first kappa shape index (κ1) is 70.8. The van der Waals surface area contributed by atoms with Crippen LogP contribution in [0.4, 0.5) is 0 Å². The van der Waals surface area contributed by atoms with Crippen molar-refractivity contribution >= 4 is 17.9 Å². The first-order valence-electron chi connectivity index (χ1n) is 31.0. The number of rotatable bonds is 55. The minimum Gasteiger partial charge on any atom is -0.462 e. The molecular formula is C69H114O6. The van der Waals surface area contributed by atoms with E-state index in [1.54, 1.807) is 0 Å². The maximum Gasteiger partial charge on any atom is 0.306 e. The van der Waals surface area contributed by atoms with E-state index < -0.39 is 6.10 Å². The first-order chi connectivity index (χ1) is 37.0. The van der Waals surface area contributed by atoms with Gasteiger partial charge in [-0.3, -0.25) is 14.4 Å². The average Bonchev–Trinajstić information content (AvgIpc) is 3.41. The standard InChI is InChI=1S/C69H114O6/c1-4-7-10-13-16-19-22-24-26-27-28-29-30-31-32-33-34-35-36-37-38-39-40-41-43-44-47-50-53-56-59-62-68(71)74-65-66(64-73-67(70)61-58-55-52-49-46-21-18-15-12-9-6-3)75-69(72)63-60-57-54-51-48-45-42-25-23-20-17-14-11-8-5-2/h7-8,10-11,15-20,24-26,28-29,31-32,34-35,42,66H,4-6,9,12-14,21-23,27,30,33,36-41,43-65H2,1-3H3/b10-7-,11-8-,18-15-,19-16-,20-17-,26-24-,29-28-,32-31-,35-34-,42-25-. The van der Waals surface area contributed by atoms with Gasteiger partial charge in [-0.2, -0.15) is 0 Å². The number of allylic oxidation sites excluding steroid dienone is 20. The van der Waals surface area contributed by atoms with E-state index in [0.717, 1.165) is 148 Å². The fourth-order valence-corrected chi connectivity index (χ4v) is 8.32. The van der Waals surface area contributed by atoms with Gasteiger partial charge in [0.1, 0.15) is 13.2 Å². The van der Waals surface area contributed by atoms with Gasteiger partial charge in [0.05, 0.1) is 0 Å². The summed E-state index contributed by atoms with van der Waals surface area (Å²) < 4.78 is 16.8. The van der Waals surface area contributed by atoms with Crippen LogP contribution in [0, 0.1) is 0 Å². The summed E-state index contributed by atoms with van der Waals surface area (Å²) in [6.07, 6.45) is 86.4. The molecule has 0 spiro atoms. The predicted octanol–water partition coefficient (Wildman–Crippen LogP) is 21.2. The van der Waals surface area contributed by atoms with Gasteiger partial charge in [0.25, 0.3) is 0 Å². The molecule has 0 heterocycles. The Balaban J connectivity index is 4.22. The van der Waals surface area contributed by atoms with Crippen molar-refractivity contribution in [3.8, 4) is 0 Å². The third-order valence-electron chi connectivity index (χ3n) is 12.9. The fourth-order valence-electron chi connectivity index (χ4n) is 8.32. The fraction of sp³-hybridized carbons (Fsp3) is 0.667. The number of carbonyl (C=O) groups is 3. The number of hydrogen-bond acceptors (Lipinski definition) is 6. The molecule has 1 unspecified atom stereocenters. The van der Waals surface area contributed by atoms with Gasteiger partial charge >= 0.3 is 17.9 Å². The Morgan fingerprint density at radius 2 is 0.520 bits per heavy atom. The molecule has 0 amide bonds. The van der Waals surface area contributed by atoms with Crippen LogP contribution in [-0.4, -0.2) is 37.2 Å². The van der Waals surface area contributed by atoms with Crippen molar-refractivity contribution in [3.05, 3.63) is 122 Å². The second kappa shape index (κ2) is 62.4. The topological polar surface area (TPSA) is 78.9 Å². The number of ether oxygens (including phenoxy) is 3.